The van der Waals surface area contributed by atoms with E-state index in [4.69, 9.17) is 0 Å². The Hall–Kier alpha value is -1.91. The van der Waals surface area contributed by atoms with E-state index in [0.29, 0.717) is 5.69 Å². The zero-order valence-electron chi connectivity index (χ0n) is 8.60. The van der Waals surface area contributed by atoms with Crippen molar-refractivity contribution in [1.82, 2.24) is 14.8 Å². The number of hydrogen-bond acceptors (Lipinski definition) is 4. The second-order valence-electron chi connectivity index (χ2n) is 3.21. The number of nitrogens with zero attached hydrogens (tertiary/aromatic N) is 3. The Morgan fingerprint density at radius 3 is 3.13 bits per heavy atom. The topological polar surface area (TPSA) is 57.0 Å². The lowest BCUT2D eigenvalue weighted by atomic mass is 10.2. The Morgan fingerprint density at radius 1 is 1.60 bits per heavy atom. The Kier molecular flexibility index (Phi) is 2.37. The zero-order chi connectivity index (χ0) is 10.8. The summed E-state index contributed by atoms with van der Waals surface area (Å²) in [6.07, 6.45) is 3.56. The summed E-state index contributed by atoms with van der Waals surface area (Å²) in [6, 6.07) is 1.86. The highest BCUT2D eigenvalue weighted by Gasteiger charge is 2.10. The molecule has 2 rings (SSSR count). The maximum Gasteiger partial charge on any atom is 0.311 e. The first kappa shape index (κ1) is 9.64. The minimum atomic E-state index is -0.293. The SMILES string of the molecule is COC(=O)Cc1nccc2c1cnn2C. The summed E-state index contributed by atoms with van der Waals surface area (Å²) in [5.41, 5.74) is 1.66. The van der Waals surface area contributed by atoms with E-state index < -0.39 is 0 Å². The van der Waals surface area contributed by atoms with E-state index in [0.717, 1.165) is 10.9 Å². The van der Waals surface area contributed by atoms with E-state index in [9.17, 15) is 4.79 Å². The molecule has 0 radical (unpaired) electrons. The molecule has 0 aromatic carbocycles. The second-order valence-corrected chi connectivity index (χ2v) is 3.21. The molecule has 0 atom stereocenters. The molecule has 2 aromatic heterocycles. The van der Waals surface area contributed by atoms with Crippen molar-refractivity contribution in [1.29, 1.82) is 0 Å². The lowest BCUT2D eigenvalue weighted by Gasteiger charge is -2.00. The van der Waals surface area contributed by atoms with Crippen LogP contribution in [0.3, 0.4) is 0 Å². The van der Waals surface area contributed by atoms with Gasteiger partial charge in [0.1, 0.15) is 0 Å². The lowest BCUT2D eigenvalue weighted by Crippen LogP contribution is -2.06. The van der Waals surface area contributed by atoms with E-state index in [2.05, 4.69) is 14.8 Å². The van der Waals surface area contributed by atoms with Gasteiger partial charge in [0.25, 0.3) is 0 Å². The van der Waals surface area contributed by atoms with E-state index in [1.807, 2.05) is 13.1 Å². The molecule has 15 heavy (non-hydrogen) atoms. The number of esters is 1. The van der Waals surface area contributed by atoms with Gasteiger partial charge >= 0.3 is 5.97 Å². The normalized spacial score (nSPS) is 10.5. The standard InChI is InChI=1S/C10H11N3O2/c1-13-9-3-4-11-8(5-10(14)15-2)7(9)6-12-13/h3-4,6H,5H2,1-2H3. The van der Waals surface area contributed by atoms with Crippen molar-refractivity contribution < 1.29 is 9.53 Å². The summed E-state index contributed by atoms with van der Waals surface area (Å²) in [7, 11) is 3.22. The van der Waals surface area contributed by atoms with Crippen LogP contribution in [0.25, 0.3) is 10.9 Å². The molecular formula is C10H11N3O2. The molecule has 2 heterocycles. The Bertz CT molecular complexity index is 504. The largest absolute Gasteiger partial charge is 0.469 e. The minimum Gasteiger partial charge on any atom is -0.469 e. The molecule has 0 spiro atoms. The van der Waals surface area contributed by atoms with E-state index >= 15 is 0 Å². The van der Waals surface area contributed by atoms with Crippen LogP contribution in [0, 0.1) is 0 Å². The first-order valence-electron chi connectivity index (χ1n) is 4.55. The van der Waals surface area contributed by atoms with Gasteiger partial charge in [0.15, 0.2) is 0 Å². The number of methoxy groups -OCH3 is 1. The first-order chi connectivity index (χ1) is 7.22. The van der Waals surface area contributed by atoms with Crippen LogP contribution in [0.2, 0.25) is 0 Å². The number of pyridine rings is 1. The van der Waals surface area contributed by atoms with Gasteiger partial charge in [-0.2, -0.15) is 5.10 Å². The number of aryl methyl sites for hydroxylation is 1. The summed E-state index contributed by atoms with van der Waals surface area (Å²) in [5, 5.41) is 5.01. The monoisotopic (exact) mass is 205 g/mol. The maximum absolute atomic E-state index is 11.1. The first-order valence-corrected chi connectivity index (χ1v) is 4.55. The molecule has 0 aliphatic carbocycles. The summed E-state index contributed by atoms with van der Waals surface area (Å²) < 4.78 is 6.35. The van der Waals surface area contributed by atoms with Crippen LogP contribution < -0.4 is 0 Å². The summed E-state index contributed by atoms with van der Waals surface area (Å²) in [6.45, 7) is 0. The van der Waals surface area contributed by atoms with Crippen molar-refractivity contribution >= 4 is 16.9 Å². The predicted molar refractivity (Wildman–Crippen MR) is 54.2 cm³/mol. The Labute approximate surface area is 86.7 Å². The minimum absolute atomic E-state index is 0.180. The highest BCUT2D eigenvalue weighted by Crippen LogP contribution is 2.15. The second kappa shape index (κ2) is 3.68. The third-order valence-electron chi connectivity index (χ3n) is 2.30. The fraction of sp³-hybridized carbons (Fsp3) is 0.300. The molecule has 0 amide bonds. The van der Waals surface area contributed by atoms with Crippen molar-refractivity contribution in [3.63, 3.8) is 0 Å². The highest BCUT2D eigenvalue weighted by molar-refractivity contribution is 5.84. The summed E-state index contributed by atoms with van der Waals surface area (Å²) in [4.78, 5) is 15.3. The highest BCUT2D eigenvalue weighted by atomic mass is 16.5. The van der Waals surface area contributed by atoms with Crippen LogP contribution in [-0.4, -0.2) is 27.8 Å². The van der Waals surface area contributed by atoms with Crippen LogP contribution in [0.15, 0.2) is 18.5 Å². The lowest BCUT2D eigenvalue weighted by molar-refractivity contribution is -0.139. The molecule has 5 nitrogen and oxygen atoms in total. The van der Waals surface area contributed by atoms with Crippen LogP contribution in [-0.2, 0) is 23.0 Å². The maximum atomic E-state index is 11.1. The average molecular weight is 205 g/mol. The van der Waals surface area contributed by atoms with Crippen molar-refractivity contribution in [3.8, 4) is 0 Å². The molecule has 0 bridgehead atoms. The third kappa shape index (κ3) is 1.68. The summed E-state index contributed by atoms with van der Waals surface area (Å²) >= 11 is 0. The van der Waals surface area contributed by atoms with Gasteiger partial charge in [0.05, 0.1) is 30.9 Å². The van der Waals surface area contributed by atoms with Crippen LogP contribution >= 0.6 is 0 Å². The van der Waals surface area contributed by atoms with E-state index in [1.165, 1.54) is 7.11 Å². The predicted octanol–water partition coefficient (Wildman–Crippen LogP) is 0.684. The smallest absolute Gasteiger partial charge is 0.311 e. The van der Waals surface area contributed by atoms with Crippen molar-refractivity contribution in [2.24, 2.45) is 7.05 Å². The van der Waals surface area contributed by atoms with Gasteiger partial charge in [0.2, 0.25) is 0 Å². The van der Waals surface area contributed by atoms with Gasteiger partial charge < -0.3 is 4.74 Å². The fourth-order valence-electron chi connectivity index (χ4n) is 1.48. The van der Waals surface area contributed by atoms with Crippen molar-refractivity contribution in [3.05, 3.63) is 24.2 Å². The van der Waals surface area contributed by atoms with E-state index in [-0.39, 0.29) is 12.4 Å². The van der Waals surface area contributed by atoms with Crippen molar-refractivity contribution in [2.45, 2.75) is 6.42 Å². The van der Waals surface area contributed by atoms with Gasteiger partial charge in [-0.25, -0.2) is 0 Å². The van der Waals surface area contributed by atoms with Crippen molar-refractivity contribution in [2.75, 3.05) is 7.11 Å². The number of aromatic nitrogens is 3. The van der Waals surface area contributed by atoms with Crippen LogP contribution in [0.1, 0.15) is 5.69 Å². The molecule has 78 valence electrons. The molecule has 5 heteroatoms. The van der Waals surface area contributed by atoms with Gasteiger partial charge in [-0.1, -0.05) is 0 Å². The fourth-order valence-corrected chi connectivity index (χ4v) is 1.48. The van der Waals surface area contributed by atoms with Gasteiger partial charge in [0, 0.05) is 18.6 Å². The van der Waals surface area contributed by atoms with Gasteiger partial charge in [-0.3, -0.25) is 14.5 Å². The molecule has 0 fully saturated rings. The number of hydrogen-bond donors (Lipinski definition) is 0. The van der Waals surface area contributed by atoms with Crippen LogP contribution in [0.4, 0.5) is 0 Å². The van der Waals surface area contributed by atoms with Gasteiger partial charge in [-0.15, -0.1) is 0 Å². The average Bonchev–Trinajstić information content (AvgIpc) is 2.62. The molecule has 0 aliphatic rings. The van der Waals surface area contributed by atoms with E-state index in [1.54, 1.807) is 17.1 Å². The number of rotatable bonds is 2. The molecular weight excluding hydrogens is 194 g/mol. The Balaban J connectivity index is 2.47. The quantitative estimate of drug-likeness (QED) is 0.676. The third-order valence-corrected chi connectivity index (χ3v) is 2.30. The Morgan fingerprint density at radius 2 is 2.40 bits per heavy atom. The number of ether oxygens (including phenoxy) is 1. The van der Waals surface area contributed by atoms with Gasteiger partial charge in [-0.05, 0) is 6.07 Å². The molecule has 0 unspecified atom stereocenters. The number of fused-ring (bicyclic) bond motifs is 1. The molecule has 2 aromatic rings. The molecule has 0 saturated heterocycles. The number of carbonyl (C=O) groups is 1. The number of carbonyl (C=O) groups excluding carboxylic acids is 1. The molecule has 0 saturated carbocycles. The summed E-state index contributed by atoms with van der Waals surface area (Å²) in [5.74, 6) is -0.293. The molecule has 0 N–H and O–H groups in total. The molecule has 0 aliphatic heterocycles. The van der Waals surface area contributed by atoms with Crippen LogP contribution in [0.5, 0.6) is 0 Å². The zero-order valence-corrected chi connectivity index (χ0v) is 8.60.